The molecule has 0 spiro atoms. The van der Waals surface area contributed by atoms with Crippen LogP contribution in [0, 0.1) is 0 Å². The summed E-state index contributed by atoms with van der Waals surface area (Å²) in [6, 6.07) is 11.4. The molecule has 174 valence electrons. The molecule has 1 aromatic heterocycles. The highest BCUT2D eigenvalue weighted by molar-refractivity contribution is 6.30. The minimum Gasteiger partial charge on any atom is -0.352 e. The Morgan fingerprint density at radius 3 is 2.58 bits per heavy atom. The summed E-state index contributed by atoms with van der Waals surface area (Å²) in [5.41, 5.74) is 1.58. The van der Waals surface area contributed by atoms with Gasteiger partial charge in [-0.25, -0.2) is 0 Å². The van der Waals surface area contributed by atoms with Crippen molar-refractivity contribution >= 4 is 29.3 Å². The van der Waals surface area contributed by atoms with Gasteiger partial charge in [0.25, 0.3) is 0 Å². The van der Waals surface area contributed by atoms with E-state index in [-0.39, 0.29) is 23.8 Å². The first kappa shape index (κ1) is 23.2. The maximum Gasteiger partial charge on any atom is 0.223 e. The van der Waals surface area contributed by atoms with Gasteiger partial charge >= 0.3 is 0 Å². The van der Waals surface area contributed by atoms with Gasteiger partial charge in [-0.05, 0) is 55.0 Å². The number of halogens is 1. The van der Waals surface area contributed by atoms with E-state index in [9.17, 15) is 14.4 Å². The van der Waals surface area contributed by atoms with Crippen LogP contribution in [0.15, 0.2) is 48.8 Å². The number of carbonyl (C=O) groups is 3. The molecule has 3 heterocycles. The van der Waals surface area contributed by atoms with Gasteiger partial charge in [0.05, 0.1) is 0 Å². The third kappa shape index (κ3) is 6.32. The number of benzene rings is 1. The van der Waals surface area contributed by atoms with E-state index < -0.39 is 5.54 Å². The van der Waals surface area contributed by atoms with Gasteiger partial charge in [0.2, 0.25) is 17.7 Å². The van der Waals surface area contributed by atoms with Gasteiger partial charge in [-0.1, -0.05) is 29.8 Å². The Bertz CT molecular complexity index is 998. The third-order valence-electron chi connectivity index (χ3n) is 6.48. The van der Waals surface area contributed by atoms with E-state index in [1.165, 1.54) is 0 Å². The first-order valence-electron chi connectivity index (χ1n) is 11.4. The molecule has 4 rings (SSSR count). The number of rotatable bonds is 9. The fourth-order valence-electron chi connectivity index (χ4n) is 4.73. The summed E-state index contributed by atoms with van der Waals surface area (Å²) in [6.07, 6.45) is 7.38. The van der Waals surface area contributed by atoms with Crippen molar-refractivity contribution in [1.29, 1.82) is 0 Å². The van der Waals surface area contributed by atoms with Crippen molar-refractivity contribution in [2.45, 2.75) is 63.1 Å². The molecule has 2 aromatic rings. The fraction of sp³-hybridized carbons (Fsp3) is 0.440. The van der Waals surface area contributed by atoms with Crippen molar-refractivity contribution in [2.75, 3.05) is 6.54 Å². The molecule has 2 N–H and O–H groups in total. The van der Waals surface area contributed by atoms with Crippen LogP contribution in [-0.2, 0) is 27.3 Å². The van der Waals surface area contributed by atoms with Crippen LogP contribution in [0.2, 0.25) is 5.02 Å². The smallest absolute Gasteiger partial charge is 0.223 e. The van der Waals surface area contributed by atoms with Gasteiger partial charge in [0.1, 0.15) is 0 Å². The minimum atomic E-state index is -0.442. The van der Waals surface area contributed by atoms with E-state index in [0.717, 1.165) is 17.5 Å². The lowest BCUT2D eigenvalue weighted by molar-refractivity contribution is -0.133. The van der Waals surface area contributed by atoms with Crippen LogP contribution in [-0.4, -0.2) is 45.7 Å². The molecule has 1 aromatic carbocycles. The number of amides is 3. The highest BCUT2D eigenvalue weighted by Crippen LogP contribution is 2.30. The fourth-order valence-corrected chi connectivity index (χ4v) is 4.85. The van der Waals surface area contributed by atoms with E-state index >= 15 is 0 Å². The van der Waals surface area contributed by atoms with Gasteiger partial charge in [-0.15, -0.1) is 0 Å². The number of hydrogen-bond donors (Lipinski definition) is 2. The summed E-state index contributed by atoms with van der Waals surface area (Å²) in [6.45, 7) is 0.908. The first-order chi connectivity index (χ1) is 15.9. The lowest BCUT2D eigenvalue weighted by Crippen LogP contribution is -2.46. The first-order valence-corrected chi connectivity index (χ1v) is 11.8. The molecule has 2 saturated heterocycles. The zero-order valence-electron chi connectivity index (χ0n) is 18.6. The summed E-state index contributed by atoms with van der Waals surface area (Å²) in [7, 11) is 0. The van der Waals surface area contributed by atoms with E-state index in [2.05, 4.69) is 15.6 Å². The molecular weight excluding hydrogens is 440 g/mol. The Labute approximate surface area is 198 Å². The van der Waals surface area contributed by atoms with Crippen LogP contribution in [0.3, 0.4) is 0 Å². The average Bonchev–Trinajstić information content (AvgIpc) is 3.39. The Balaban J connectivity index is 1.44. The molecule has 7 nitrogen and oxygen atoms in total. The van der Waals surface area contributed by atoms with Crippen LogP contribution in [0.5, 0.6) is 0 Å². The Morgan fingerprint density at radius 2 is 1.94 bits per heavy atom. The molecule has 2 aliphatic heterocycles. The van der Waals surface area contributed by atoms with Gasteiger partial charge in [-0.2, -0.15) is 0 Å². The van der Waals surface area contributed by atoms with Crippen LogP contribution >= 0.6 is 11.6 Å². The molecule has 2 aliphatic rings. The van der Waals surface area contributed by atoms with Crippen LogP contribution in [0.4, 0.5) is 0 Å². The van der Waals surface area contributed by atoms with Gasteiger partial charge in [0.15, 0.2) is 0 Å². The zero-order valence-corrected chi connectivity index (χ0v) is 19.3. The molecule has 8 heteroatoms. The predicted octanol–water partition coefficient (Wildman–Crippen LogP) is 3.01. The Hall–Kier alpha value is -2.93. The summed E-state index contributed by atoms with van der Waals surface area (Å²) >= 11 is 6.02. The molecule has 0 bridgehead atoms. The SMILES string of the molecule is O=C1CC[C@@H](CN(Cc2cccnc2)C(=O)CC[C@@]2(Cc3ccc(Cl)cc3)CCC(=O)N2)N1. The molecule has 2 fully saturated rings. The van der Waals surface area contributed by atoms with E-state index in [4.69, 9.17) is 11.6 Å². The predicted molar refractivity (Wildman–Crippen MR) is 125 cm³/mol. The van der Waals surface area contributed by atoms with Crippen molar-refractivity contribution < 1.29 is 14.4 Å². The molecule has 3 amide bonds. The quantitative estimate of drug-likeness (QED) is 0.591. The number of aromatic nitrogens is 1. The van der Waals surface area contributed by atoms with Gasteiger partial charge in [0, 0.05) is 61.3 Å². The summed E-state index contributed by atoms with van der Waals surface area (Å²) in [5.74, 6) is 0.0679. The summed E-state index contributed by atoms with van der Waals surface area (Å²) in [4.78, 5) is 43.1. The number of nitrogens with zero attached hydrogens (tertiary/aromatic N) is 2. The highest BCUT2D eigenvalue weighted by atomic mass is 35.5. The van der Waals surface area contributed by atoms with E-state index in [0.29, 0.717) is 56.6 Å². The number of hydrogen-bond acceptors (Lipinski definition) is 4. The monoisotopic (exact) mass is 468 g/mol. The van der Waals surface area contributed by atoms with Crippen LogP contribution in [0.1, 0.15) is 49.7 Å². The van der Waals surface area contributed by atoms with Crippen molar-refractivity contribution in [3.05, 3.63) is 64.9 Å². The topological polar surface area (TPSA) is 91.4 Å². The molecule has 0 aliphatic carbocycles. The van der Waals surface area contributed by atoms with Crippen LogP contribution < -0.4 is 10.6 Å². The lowest BCUT2D eigenvalue weighted by atomic mass is 9.85. The Kier molecular flexibility index (Phi) is 7.28. The zero-order chi connectivity index (χ0) is 23.3. The van der Waals surface area contributed by atoms with Crippen LogP contribution in [0.25, 0.3) is 0 Å². The number of nitrogens with one attached hydrogen (secondary N) is 2. The van der Waals surface area contributed by atoms with E-state index in [1.54, 1.807) is 17.3 Å². The minimum absolute atomic E-state index is 0.0108. The van der Waals surface area contributed by atoms with Gasteiger partial charge in [-0.3, -0.25) is 19.4 Å². The summed E-state index contributed by atoms with van der Waals surface area (Å²) < 4.78 is 0. The normalized spacial score (nSPS) is 22.2. The largest absolute Gasteiger partial charge is 0.352 e. The second kappa shape index (κ2) is 10.3. The maximum absolute atomic E-state index is 13.4. The van der Waals surface area contributed by atoms with E-state index in [1.807, 2.05) is 36.4 Å². The highest BCUT2D eigenvalue weighted by Gasteiger charge is 2.38. The molecule has 2 atom stereocenters. The van der Waals surface area contributed by atoms with Crippen molar-refractivity contribution in [2.24, 2.45) is 0 Å². The molecule has 0 radical (unpaired) electrons. The molecular formula is C25H29ClN4O3. The standard InChI is InChI=1S/C25H29ClN4O3/c26-20-5-3-18(4-6-20)14-25(11-9-23(32)29-25)12-10-24(33)30(16-19-2-1-13-27-15-19)17-21-7-8-22(31)28-21/h1-6,13,15,21H,7-12,14,16-17H2,(H,28,31)(H,29,32)/t21-,25+/m0/s1. The lowest BCUT2D eigenvalue weighted by Gasteiger charge is -2.31. The van der Waals surface area contributed by atoms with Crippen molar-refractivity contribution in [3.8, 4) is 0 Å². The second-order valence-electron chi connectivity index (χ2n) is 9.07. The molecule has 0 unspecified atom stereocenters. The number of carbonyl (C=O) groups excluding carboxylic acids is 3. The molecule has 0 saturated carbocycles. The van der Waals surface area contributed by atoms with Gasteiger partial charge < -0.3 is 15.5 Å². The molecule has 33 heavy (non-hydrogen) atoms. The number of pyridine rings is 1. The third-order valence-corrected chi connectivity index (χ3v) is 6.74. The maximum atomic E-state index is 13.4. The van der Waals surface area contributed by atoms with Crippen molar-refractivity contribution in [1.82, 2.24) is 20.5 Å². The van der Waals surface area contributed by atoms with Crippen molar-refractivity contribution in [3.63, 3.8) is 0 Å². The Morgan fingerprint density at radius 1 is 1.12 bits per heavy atom. The second-order valence-corrected chi connectivity index (χ2v) is 9.51. The summed E-state index contributed by atoms with van der Waals surface area (Å²) in [5, 5.41) is 6.77. The average molecular weight is 469 g/mol.